The fourth-order valence-corrected chi connectivity index (χ4v) is 8.61. The number of methoxy groups -OCH3 is 1. The number of rotatable bonds is 22. The fraction of sp³-hybridized carbons (Fsp3) is 0.351. The van der Waals surface area contributed by atoms with Crippen LogP contribution < -0.4 is 4.74 Å². The summed E-state index contributed by atoms with van der Waals surface area (Å²) in [6, 6.07) is 56.8. The van der Waals surface area contributed by atoms with Gasteiger partial charge in [0.05, 0.1) is 71.1 Å². The van der Waals surface area contributed by atoms with E-state index in [0.717, 1.165) is 33.6 Å². The van der Waals surface area contributed by atoms with Gasteiger partial charge in [-0.25, -0.2) is 4.79 Å². The van der Waals surface area contributed by atoms with Gasteiger partial charge in [0, 0.05) is 5.92 Å². The van der Waals surface area contributed by atoms with E-state index in [-0.39, 0.29) is 32.3 Å². The SMILES string of the molecule is COc1ccc(COC2C(C)C(COC3OC(COCc4ccccc4)C(OCc4ccccc4)C(OCc4ccccc4)C3OCc3ccccc3)OC(C)C2OC(=O)c2ccccc2)cc1. The fourth-order valence-electron chi connectivity index (χ4n) is 8.61. The lowest BCUT2D eigenvalue weighted by atomic mass is 9.88. The summed E-state index contributed by atoms with van der Waals surface area (Å²) < 4.78 is 66.0. The minimum Gasteiger partial charge on any atom is -0.497 e. The van der Waals surface area contributed by atoms with Crippen LogP contribution in [0.15, 0.2) is 176 Å². The highest BCUT2D eigenvalue weighted by Gasteiger charge is 2.51. The summed E-state index contributed by atoms with van der Waals surface area (Å²) in [5.74, 6) is -0.00931. The Labute approximate surface area is 400 Å². The highest BCUT2D eigenvalue weighted by atomic mass is 16.7. The van der Waals surface area contributed by atoms with Crippen molar-refractivity contribution in [1.29, 1.82) is 0 Å². The van der Waals surface area contributed by atoms with Gasteiger partial charge in [0.25, 0.3) is 0 Å². The van der Waals surface area contributed by atoms with E-state index in [1.54, 1.807) is 19.2 Å². The summed E-state index contributed by atoms with van der Waals surface area (Å²) in [7, 11) is 1.64. The van der Waals surface area contributed by atoms with E-state index in [2.05, 4.69) is 0 Å². The average Bonchev–Trinajstić information content (AvgIpc) is 3.39. The molecule has 2 fully saturated rings. The van der Waals surface area contributed by atoms with Crippen LogP contribution in [0.1, 0.15) is 52.0 Å². The molecule has 2 heterocycles. The monoisotopic (exact) mass is 922 g/mol. The largest absolute Gasteiger partial charge is 0.497 e. The number of hydrogen-bond acceptors (Lipinski definition) is 11. The van der Waals surface area contributed by atoms with E-state index in [4.69, 9.17) is 47.4 Å². The Bertz CT molecular complexity index is 2360. The van der Waals surface area contributed by atoms with E-state index in [1.165, 1.54) is 0 Å². The van der Waals surface area contributed by atoms with Crippen molar-refractivity contribution in [1.82, 2.24) is 0 Å². The first-order chi connectivity index (χ1) is 33.4. The van der Waals surface area contributed by atoms with E-state index in [1.807, 2.05) is 178 Å². The third-order valence-electron chi connectivity index (χ3n) is 12.4. The second-order valence-electron chi connectivity index (χ2n) is 17.3. The molecule has 6 aromatic rings. The van der Waals surface area contributed by atoms with E-state index in [9.17, 15) is 4.79 Å². The van der Waals surface area contributed by atoms with Crippen LogP contribution in [0.3, 0.4) is 0 Å². The molecule has 11 heteroatoms. The van der Waals surface area contributed by atoms with Gasteiger partial charge in [-0.3, -0.25) is 0 Å². The molecule has 2 aliphatic rings. The summed E-state index contributed by atoms with van der Waals surface area (Å²) >= 11 is 0. The van der Waals surface area contributed by atoms with Crippen molar-refractivity contribution in [2.24, 2.45) is 5.92 Å². The van der Waals surface area contributed by atoms with E-state index in [0.29, 0.717) is 25.4 Å². The third kappa shape index (κ3) is 13.5. The van der Waals surface area contributed by atoms with Gasteiger partial charge in [-0.1, -0.05) is 159 Å². The minimum absolute atomic E-state index is 0.0989. The maximum atomic E-state index is 13.5. The molecule has 10 unspecified atom stereocenters. The number of benzene rings is 6. The molecular weight excluding hydrogens is 861 g/mol. The topological polar surface area (TPSA) is 109 Å². The normalized spacial score (nSPS) is 24.8. The average molecular weight is 923 g/mol. The molecule has 0 bridgehead atoms. The van der Waals surface area contributed by atoms with Crippen LogP contribution in [0.2, 0.25) is 0 Å². The van der Waals surface area contributed by atoms with Gasteiger partial charge in [-0.2, -0.15) is 0 Å². The van der Waals surface area contributed by atoms with Crippen LogP contribution in [-0.4, -0.2) is 81.4 Å². The molecule has 0 spiro atoms. The Balaban J connectivity index is 1.07. The van der Waals surface area contributed by atoms with Gasteiger partial charge in [0.2, 0.25) is 0 Å². The van der Waals surface area contributed by atoms with Gasteiger partial charge >= 0.3 is 5.97 Å². The lowest BCUT2D eigenvalue weighted by Crippen LogP contribution is -2.62. The third-order valence-corrected chi connectivity index (χ3v) is 12.4. The Hall–Kier alpha value is -5.73. The van der Waals surface area contributed by atoms with Crippen molar-refractivity contribution < 1.29 is 52.2 Å². The molecular formula is C57H62O11. The van der Waals surface area contributed by atoms with E-state index < -0.39 is 61.1 Å². The molecule has 68 heavy (non-hydrogen) atoms. The van der Waals surface area contributed by atoms with Crippen molar-refractivity contribution >= 4 is 5.97 Å². The van der Waals surface area contributed by atoms with Crippen molar-refractivity contribution in [2.45, 2.75) is 102 Å². The molecule has 0 saturated carbocycles. The summed E-state index contributed by atoms with van der Waals surface area (Å²) in [5, 5.41) is 0. The van der Waals surface area contributed by atoms with Crippen LogP contribution >= 0.6 is 0 Å². The van der Waals surface area contributed by atoms with Crippen LogP contribution in [0.5, 0.6) is 5.75 Å². The molecule has 0 aromatic heterocycles. The van der Waals surface area contributed by atoms with Gasteiger partial charge in [0.15, 0.2) is 12.4 Å². The highest BCUT2D eigenvalue weighted by molar-refractivity contribution is 5.89. The van der Waals surface area contributed by atoms with Crippen LogP contribution in [0, 0.1) is 5.92 Å². The summed E-state index contributed by atoms with van der Waals surface area (Å²) in [6.45, 7) is 5.74. The molecule has 0 aliphatic carbocycles. The zero-order chi connectivity index (χ0) is 46.9. The van der Waals surface area contributed by atoms with Crippen molar-refractivity contribution in [3.05, 3.63) is 209 Å². The molecule has 0 amide bonds. The van der Waals surface area contributed by atoms with Gasteiger partial charge in [-0.05, 0) is 59.0 Å². The number of carbonyl (C=O) groups excluding carboxylic acids is 1. The molecule has 2 saturated heterocycles. The first-order valence-electron chi connectivity index (χ1n) is 23.4. The van der Waals surface area contributed by atoms with Gasteiger partial charge < -0.3 is 47.4 Å². The number of esters is 1. The molecule has 356 valence electrons. The molecule has 0 N–H and O–H groups in total. The lowest BCUT2D eigenvalue weighted by Gasteiger charge is -2.47. The van der Waals surface area contributed by atoms with Crippen molar-refractivity contribution in [2.75, 3.05) is 20.3 Å². The number of hydrogen-bond donors (Lipinski definition) is 0. The van der Waals surface area contributed by atoms with Gasteiger partial charge in [0.1, 0.15) is 36.3 Å². The van der Waals surface area contributed by atoms with Crippen LogP contribution in [0.25, 0.3) is 0 Å². The number of ether oxygens (including phenoxy) is 10. The molecule has 11 nitrogen and oxygen atoms in total. The summed E-state index contributed by atoms with van der Waals surface area (Å²) in [6.07, 6.45) is -5.96. The molecule has 6 aromatic carbocycles. The Kier molecular flexibility index (Phi) is 17.9. The quantitative estimate of drug-likeness (QED) is 0.0608. The van der Waals surface area contributed by atoms with Crippen molar-refractivity contribution in [3.63, 3.8) is 0 Å². The summed E-state index contributed by atoms with van der Waals surface area (Å²) in [4.78, 5) is 13.5. The van der Waals surface area contributed by atoms with E-state index >= 15 is 0 Å². The Morgan fingerprint density at radius 3 is 1.43 bits per heavy atom. The van der Waals surface area contributed by atoms with Crippen molar-refractivity contribution in [3.8, 4) is 5.75 Å². The second kappa shape index (κ2) is 25.0. The molecule has 2 aliphatic heterocycles. The Morgan fingerprint density at radius 1 is 0.441 bits per heavy atom. The maximum Gasteiger partial charge on any atom is 0.338 e. The zero-order valence-corrected chi connectivity index (χ0v) is 39.0. The van der Waals surface area contributed by atoms with Crippen LogP contribution in [-0.2, 0) is 75.7 Å². The lowest BCUT2D eigenvalue weighted by molar-refractivity contribution is -0.335. The minimum atomic E-state index is -0.945. The predicted octanol–water partition coefficient (Wildman–Crippen LogP) is 9.94. The van der Waals surface area contributed by atoms with Gasteiger partial charge in [-0.15, -0.1) is 0 Å². The first kappa shape index (κ1) is 48.7. The second-order valence-corrected chi connectivity index (χ2v) is 17.3. The summed E-state index contributed by atoms with van der Waals surface area (Å²) in [5.41, 5.74) is 5.41. The first-order valence-corrected chi connectivity index (χ1v) is 23.4. The molecule has 10 atom stereocenters. The maximum absolute atomic E-state index is 13.5. The predicted molar refractivity (Wildman–Crippen MR) is 256 cm³/mol. The molecule has 0 radical (unpaired) electrons. The highest BCUT2D eigenvalue weighted by Crippen LogP contribution is 2.35. The number of carbonyl (C=O) groups is 1. The Morgan fingerprint density at radius 2 is 0.897 bits per heavy atom. The van der Waals surface area contributed by atoms with Crippen LogP contribution in [0.4, 0.5) is 0 Å². The zero-order valence-electron chi connectivity index (χ0n) is 39.0. The molecule has 8 rings (SSSR count). The smallest absolute Gasteiger partial charge is 0.338 e. The standard InChI is InChI=1S/C57H62O11/c1-40-49(66-41(2)52(68-56(58)47-27-17-8-18-28-47)51(40)61-37-46-29-31-48(59-3)32-30-46)39-65-57-55(64-36-45-25-15-7-16-26-45)54(63-35-44-23-13-6-14-24-44)53(62-34-43-21-11-5-12-22-43)50(67-57)38-60-33-42-19-9-4-10-20-42/h4-32,40-41,49-55,57H,33-39H2,1-3H3.